The first-order valence-electron chi connectivity index (χ1n) is 15.0. The van der Waals surface area contributed by atoms with Crippen molar-refractivity contribution in [2.24, 2.45) is 0 Å². The normalized spacial score (nSPS) is 20.7. The molecule has 0 spiro atoms. The largest absolute Gasteiger partial charge is 0.416 e. The number of rotatable bonds is 9. The summed E-state index contributed by atoms with van der Waals surface area (Å²) in [5, 5.41) is 2.18. The zero-order valence-electron chi connectivity index (χ0n) is 26.9. The molecule has 234 valence electrons. The molecule has 0 bridgehead atoms. The average Bonchev–Trinajstić information content (AvgIpc) is 3.35. The van der Waals surface area contributed by atoms with Gasteiger partial charge in [0.2, 0.25) is 0 Å². The average molecular weight is 688 g/mol. The molecule has 0 saturated carbocycles. The summed E-state index contributed by atoms with van der Waals surface area (Å²) in [7, 11) is -4.97. The van der Waals surface area contributed by atoms with Crippen molar-refractivity contribution in [3.63, 3.8) is 0 Å². The lowest BCUT2D eigenvalue weighted by molar-refractivity contribution is -0.0228. The summed E-state index contributed by atoms with van der Waals surface area (Å²) in [6.45, 7) is 20.1. The zero-order chi connectivity index (χ0) is 31.8. The molecule has 1 aromatic heterocycles. The number of halogens is 1. The van der Waals surface area contributed by atoms with Gasteiger partial charge in [-0.05, 0) is 40.5 Å². The number of nitrogens with one attached hydrogen (secondary N) is 1. The molecule has 1 aliphatic rings. The molecule has 43 heavy (non-hydrogen) atoms. The predicted octanol–water partition coefficient (Wildman–Crippen LogP) is 5.86. The number of ether oxygens (including phenoxy) is 1. The van der Waals surface area contributed by atoms with Gasteiger partial charge in [0.25, 0.3) is 13.9 Å². The monoisotopic (exact) mass is 686 g/mol. The van der Waals surface area contributed by atoms with Gasteiger partial charge in [0.1, 0.15) is 6.23 Å². The fraction of sp³-hybridized carbons (Fsp3) is 0.515. The second kappa shape index (κ2) is 12.7. The van der Waals surface area contributed by atoms with Gasteiger partial charge in [0.15, 0.2) is 8.32 Å². The van der Waals surface area contributed by atoms with Crippen molar-refractivity contribution in [3.8, 4) is 0 Å². The second-order valence-electron chi connectivity index (χ2n) is 14.2. The van der Waals surface area contributed by atoms with Crippen LogP contribution in [0.1, 0.15) is 59.8 Å². The Morgan fingerprint density at radius 2 is 1.49 bits per heavy atom. The SMILES string of the molecule is Cc1cn([C@H]2C[C@H](O[Si](c3ccccc3)(c3ccccc3)C(C)(C)C)[C@@H]([C@@H](Br)CO[Si](C)(C)C(C)(C)C)O2)c(=O)[nH]c1=O. The number of nitrogens with zero attached hydrogens (tertiary/aromatic N) is 1. The first-order chi connectivity index (χ1) is 20.0. The first-order valence-corrected chi connectivity index (χ1v) is 20.8. The smallest absolute Gasteiger partial charge is 0.330 e. The fourth-order valence-corrected chi connectivity index (χ4v) is 12.2. The maximum atomic E-state index is 13.0. The maximum absolute atomic E-state index is 13.0. The van der Waals surface area contributed by atoms with Gasteiger partial charge in [0, 0.05) is 24.8 Å². The second-order valence-corrected chi connectivity index (χ2v) is 24.4. The molecule has 1 saturated heterocycles. The van der Waals surface area contributed by atoms with Crippen molar-refractivity contribution >= 4 is 42.9 Å². The van der Waals surface area contributed by atoms with E-state index < -0.39 is 40.2 Å². The molecule has 0 aliphatic carbocycles. The van der Waals surface area contributed by atoms with E-state index in [9.17, 15) is 9.59 Å². The van der Waals surface area contributed by atoms with Crippen LogP contribution in [0.4, 0.5) is 0 Å². The predicted molar refractivity (Wildman–Crippen MR) is 183 cm³/mol. The summed E-state index contributed by atoms with van der Waals surface area (Å²) in [5.41, 5.74) is -0.432. The molecule has 0 unspecified atom stereocenters. The van der Waals surface area contributed by atoms with E-state index in [-0.39, 0.29) is 21.0 Å². The summed E-state index contributed by atoms with van der Waals surface area (Å²) in [6.07, 6.45) is 0.661. The van der Waals surface area contributed by atoms with Gasteiger partial charge in [-0.2, -0.15) is 0 Å². The van der Waals surface area contributed by atoms with Crippen LogP contribution in [-0.2, 0) is 13.6 Å². The lowest BCUT2D eigenvalue weighted by Crippen LogP contribution is -2.68. The Morgan fingerprint density at radius 3 is 1.98 bits per heavy atom. The van der Waals surface area contributed by atoms with Crippen LogP contribution >= 0.6 is 15.9 Å². The van der Waals surface area contributed by atoms with E-state index in [1.54, 1.807) is 13.1 Å². The summed E-state index contributed by atoms with van der Waals surface area (Å²) >= 11 is 3.94. The van der Waals surface area contributed by atoms with E-state index in [1.165, 1.54) is 14.9 Å². The van der Waals surface area contributed by atoms with Gasteiger partial charge in [-0.15, -0.1) is 0 Å². The van der Waals surface area contributed by atoms with Gasteiger partial charge in [-0.25, -0.2) is 4.79 Å². The number of aryl methyl sites for hydroxylation is 1. The van der Waals surface area contributed by atoms with Crippen LogP contribution < -0.4 is 21.6 Å². The van der Waals surface area contributed by atoms with E-state index in [0.29, 0.717) is 18.6 Å². The number of alkyl halides is 1. The van der Waals surface area contributed by atoms with E-state index in [2.05, 4.69) is 124 Å². The maximum Gasteiger partial charge on any atom is 0.330 e. The molecule has 1 fully saturated rings. The van der Waals surface area contributed by atoms with Crippen LogP contribution in [0.2, 0.25) is 23.2 Å². The fourth-order valence-electron chi connectivity index (χ4n) is 5.59. The van der Waals surface area contributed by atoms with Gasteiger partial charge >= 0.3 is 5.69 Å². The van der Waals surface area contributed by atoms with Crippen LogP contribution in [0.3, 0.4) is 0 Å². The lowest BCUT2D eigenvalue weighted by Gasteiger charge is -2.45. The lowest BCUT2D eigenvalue weighted by atomic mass is 10.1. The molecule has 1 N–H and O–H groups in total. The number of aromatic amines is 1. The molecule has 4 atom stereocenters. The molecule has 4 rings (SSSR count). The topological polar surface area (TPSA) is 82.6 Å². The van der Waals surface area contributed by atoms with Gasteiger partial charge in [-0.1, -0.05) is 118 Å². The van der Waals surface area contributed by atoms with Crippen LogP contribution in [0, 0.1) is 6.92 Å². The summed E-state index contributed by atoms with van der Waals surface area (Å²) in [6, 6.07) is 21.1. The summed E-state index contributed by atoms with van der Waals surface area (Å²) in [4.78, 5) is 27.4. The minimum atomic E-state index is -2.93. The number of benzene rings is 2. The highest BCUT2D eigenvalue weighted by Gasteiger charge is 2.55. The van der Waals surface area contributed by atoms with E-state index in [1.807, 2.05) is 12.1 Å². The van der Waals surface area contributed by atoms with E-state index in [4.69, 9.17) is 13.6 Å². The van der Waals surface area contributed by atoms with Gasteiger partial charge in [-0.3, -0.25) is 14.3 Å². The number of aromatic nitrogens is 2. The first kappa shape index (κ1) is 33.8. The highest BCUT2D eigenvalue weighted by atomic mass is 79.9. The van der Waals surface area contributed by atoms with Crippen molar-refractivity contribution < 1.29 is 13.6 Å². The minimum Gasteiger partial charge on any atom is -0.416 e. The van der Waals surface area contributed by atoms with Crippen molar-refractivity contribution in [2.45, 2.75) is 101 Å². The number of H-pyrrole nitrogens is 1. The summed E-state index contributed by atoms with van der Waals surface area (Å²) in [5.74, 6) is 0. The van der Waals surface area contributed by atoms with Crippen molar-refractivity contribution in [1.29, 1.82) is 0 Å². The molecule has 7 nitrogen and oxygen atoms in total. The quantitative estimate of drug-likeness (QED) is 0.225. The van der Waals surface area contributed by atoms with Crippen molar-refractivity contribution in [2.75, 3.05) is 6.61 Å². The Balaban J connectivity index is 1.81. The van der Waals surface area contributed by atoms with Crippen LogP contribution in [0.15, 0.2) is 76.4 Å². The van der Waals surface area contributed by atoms with E-state index in [0.717, 1.165) is 0 Å². The van der Waals surface area contributed by atoms with Crippen LogP contribution in [0.5, 0.6) is 0 Å². The van der Waals surface area contributed by atoms with Gasteiger partial charge in [0.05, 0.1) is 17.0 Å². The standard InChI is InChI=1S/C33H47BrN2O5Si2/c1-23-21-36(31(38)35-30(23)37)28-20-27(29(40-28)26(34)22-39-42(8,9)32(2,3)4)41-43(33(5,6)7,24-16-12-10-13-17-24)25-18-14-11-15-19-25/h10-19,21,26-29H,20,22H2,1-9H3,(H,35,37,38)/t26-,27-,28+,29+/m0/s1. The Kier molecular flexibility index (Phi) is 10.0. The van der Waals surface area contributed by atoms with Gasteiger partial charge < -0.3 is 13.6 Å². The highest BCUT2D eigenvalue weighted by molar-refractivity contribution is 9.09. The third-order valence-corrected chi connectivity index (χ3v) is 19.4. The molecular weight excluding hydrogens is 640 g/mol. The molecule has 1 aliphatic heterocycles. The van der Waals surface area contributed by atoms with Crippen molar-refractivity contribution in [3.05, 3.63) is 93.3 Å². The van der Waals surface area contributed by atoms with Crippen LogP contribution in [0.25, 0.3) is 0 Å². The third-order valence-electron chi connectivity index (χ3n) is 9.08. The van der Waals surface area contributed by atoms with Crippen LogP contribution in [-0.4, -0.2) is 49.8 Å². The number of hydrogen-bond acceptors (Lipinski definition) is 5. The Hall–Kier alpha value is -2.09. The van der Waals surface area contributed by atoms with Crippen molar-refractivity contribution in [1.82, 2.24) is 9.55 Å². The zero-order valence-corrected chi connectivity index (χ0v) is 30.5. The summed E-state index contributed by atoms with van der Waals surface area (Å²) < 4.78 is 22.4. The van der Waals surface area contributed by atoms with E-state index >= 15 is 0 Å². The molecule has 10 heteroatoms. The molecule has 3 aromatic rings. The molecule has 2 aromatic carbocycles. The third kappa shape index (κ3) is 6.94. The highest BCUT2D eigenvalue weighted by Crippen LogP contribution is 2.43. The molecule has 0 radical (unpaired) electrons. The minimum absolute atomic E-state index is 0.0599. The Labute approximate surface area is 266 Å². The Morgan fingerprint density at radius 1 is 0.953 bits per heavy atom. The number of hydrogen-bond donors (Lipinski definition) is 1. The Bertz CT molecular complexity index is 1460. The molecule has 2 heterocycles. The molecular formula is C33H47BrN2O5Si2. The molecule has 0 amide bonds.